The molecule has 0 spiro atoms. The van der Waals surface area contributed by atoms with Crippen molar-refractivity contribution in [2.24, 2.45) is 0 Å². The van der Waals surface area contributed by atoms with Crippen molar-refractivity contribution in [2.75, 3.05) is 13.2 Å². The molecular weight excluding hydrogens is 381 g/mol. The summed E-state index contributed by atoms with van der Waals surface area (Å²) in [6, 6.07) is 5.65. The number of hydrogen-bond acceptors (Lipinski definition) is 5. The number of rotatable bonds is 5. The highest BCUT2D eigenvalue weighted by molar-refractivity contribution is 5.96. The predicted molar refractivity (Wildman–Crippen MR) is 92.3 cm³/mol. The number of nitrogens with one attached hydrogen (secondary N) is 3. The number of benzene rings is 1. The SMILES string of the molecule is O=C(NCCOc1cccc(C(F)(F)F)c1)c1cnc2[nH]c(=O)[nH]c(=O)c2c1. The number of nitrogens with zero attached hydrogens (tertiary/aromatic N) is 1. The number of H-pyrrole nitrogens is 2. The minimum Gasteiger partial charge on any atom is -0.492 e. The average molecular weight is 394 g/mol. The lowest BCUT2D eigenvalue weighted by atomic mass is 10.2. The van der Waals surface area contributed by atoms with Gasteiger partial charge in [0.2, 0.25) is 0 Å². The van der Waals surface area contributed by atoms with Gasteiger partial charge >= 0.3 is 11.9 Å². The number of carbonyl (C=O) groups is 1. The van der Waals surface area contributed by atoms with Crippen molar-refractivity contribution in [2.45, 2.75) is 6.18 Å². The normalized spacial score (nSPS) is 11.4. The first kappa shape index (κ1) is 19.1. The van der Waals surface area contributed by atoms with Crippen molar-refractivity contribution in [3.05, 3.63) is 68.5 Å². The second-order valence-electron chi connectivity index (χ2n) is 5.66. The van der Waals surface area contributed by atoms with E-state index >= 15 is 0 Å². The average Bonchev–Trinajstić information content (AvgIpc) is 2.64. The Balaban J connectivity index is 1.60. The monoisotopic (exact) mass is 394 g/mol. The van der Waals surface area contributed by atoms with Crippen LogP contribution in [0, 0.1) is 0 Å². The van der Waals surface area contributed by atoms with Gasteiger partial charge in [0.15, 0.2) is 0 Å². The van der Waals surface area contributed by atoms with Gasteiger partial charge in [0.25, 0.3) is 11.5 Å². The number of pyridine rings is 1. The lowest BCUT2D eigenvalue weighted by Gasteiger charge is -2.11. The number of hydrogen-bond donors (Lipinski definition) is 3. The summed E-state index contributed by atoms with van der Waals surface area (Å²) in [6.45, 7) is -0.0585. The van der Waals surface area contributed by atoms with Crippen LogP contribution >= 0.6 is 0 Å². The van der Waals surface area contributed by atoms with Gasteiger partial charge in [-0.3, -0.25) is 19.6 Å². The molecule has 3 N–H and O–H groups in total. The molecule has 11 heteroatoms. The highest BCUT2D eigenvalue weighted by Crippen LogP contribution is 2.31. The van der Waals surface area contributed by atoms with Gasteiger partial charge in [-0.15, -0.1) is 0 Å². The van der Waals surface area contributed by atoms with Gasteiger partial charge in [0, 0.05) is 6.20 Å². The Morgan fingerprint density at radius 3 is 2.71 bits per heavy atom. The topological polar surface area (TPSA) is 117 Å². The number of halogens is 3. The smallest absolute Gasteiger partial charge is 0.416 e. The Labute approximate surface area is 154 Å². The van der Waals surface area contributed by atoms with E-state index < -0.39 is 28.9 Å². The molecule has 0 radical (unpaired) electrons. The minimum absolute atomic E-state index is 0.00902. The third-order valence-corrected chi connectivity index (χ3v) is 3.67. The van der Waals surface area contributed by atoms with Crippen molar-refractivity contribution >= 4 is 16.9 Å². The van der Waals surface area contributed by atoms with Crippen LogP contribution in [0.4, 0.5) is 13.2 Å². The van der Waals surface area contributed by atoms with Crippen LogP contribution in [0.5, 0.6) is 5.75 Å². The Morgan fingerprint density at radius 2 is 1.96 bits per heavy atom. The molecule has 1 amide bonds. The van der Waals surface area contributed by atoms with Crippen LogP contribution in [0.1, 0.15) is 15.9 Å². The molecule has 0 atom stereocenters. The molecule has 0 saturated heterocycles. The summed E-state index contributed by atoms with van der Waals surface area (Å²) in [5, 5.41) is 2.53. The minimum atomic E-state index is -4.47. The zero-order valence-electron chi connectivity index (χ0n) is 14.1. The molecule has 0 unspecified atom stereocenters. The van der Waals surface area contributed by atoms with Crippen molar-refractivity contribution in [3.8, 4) is 5.75 Å². The lowest BCUT2D eigenvalue weighted by Crippen LogP contribution is -2.29. The van der Waals surface area contributed by atoms with Gasteiger partial charge in [-0.25, -0.2) is 9.78 Å². The van der Waals surface area contributed by atoms with Crippen molar-refractivity contribution in [1.82, 2.24) is 20.3 Å². The number of aromatic nitrogens is 3. The summed E-state index contributed by atoms with van der Waals surface area (Å²) in [7, 11) is 0. The van der Waals surface area contributed by atoms with Crippen LogP contribution < -0.4 is 21.3 Å². The van der Waals surface area contributed by atoms with Gasteiger partial charge in [0.05, 0.1) is 23.1 Å². The molecule has 0 saturated carbocycles. The standard InChI is InChI=1S/C17H13F3N4O4/c18-17(19,20)10-2-1-3-11(7-10)28-5-4-21-14(25)9-6-12-13(22-8-9)23-16(27)24-15(12)26/h1-3,6-8H,4-5H2,(H,21,25)(H2,22,23,24,26,27). The summed E-state index contributed by atoms with van der Waals surface area (Å²) in [5.41, 5.74) is -2.12. The molecule has 3 rings (SSSR count). The summed E-state index contributed by atoms with van der Waals surface area (Å²) in [5.74, 6) is -0.542. The summed E-state index contributed by atoms with van der Waals surface area (Å²) in [4.78, 5) is 43.3. The van der Waals surface area contributed by atoms with E-state index in [4.69, 9.17) is 4.74 Å². The Morgan fingerprint density at radius 1 is 1.18 bits per heavy atom. The first-order valence-corrected chi connectivity index (χ1v) is 7.94. The van der Waals surface area contributed by atoms with E-state index in [9.17, 15) is 27.6 Å². The second kappa shape index (κ2) is 7.55. The Hall–Kier alpha value is -3.63. The van der Waals surface area contributed by atoms with Crippen LogP contribution in [-0.4, -0.2) is 34.0 Å². The van der Waals surface area contributed by atoms with E-state index in [0.29, 0.717) is 0 Å². The van der Waals surface area contributed by atoms with Gasteiger partial charge in [-0.05, 0) is 24.3 Å². The number of aromatic amines is 2. The van der Waals surface area contributed by atoms with Crippen molar-refractivity contribution in [1.29, 1.82) is 0 Å². The molecule has 2 aromatic heterocycles. The number of alkyl halides is 3. The van der Waals surface area contributed by atoms with Gasteiger partial charge in [-0.2, -0.15) is 13.2 Å². The van der Waals surface area contributed by atoms with Crippen LogP contribution in [-0.2, 0) is 6.18 Å². The largest absolute Gasteiger partial charge is 0.492 e. The molecular formula is C17H13F3N4O4. The molecule has 3 aromatic rings. The lowest BCUT2D eigenvalue weighted by molar-refractivity contribution is -0.137. The van der Waals surface area contributed by atoms with Crippen LogP contribution in [0.25, 0.3) is 11.0 Å². The van der Waals surface area contributed by atoms with Crippen molar-refractivity contribution in [3.63, 3.8) is 0 Å². The predicted octanol–water partition coefficient (Wildman–Crippen LogP) is 1.44. The van der Waals surface area contributed by atoms with E-state index in [1.807, 2.05) is 4.98 Å². The molecule has 2 heterocycles. The molecule has 0 fully saturated rings. The molecule has 28 heavy (non-hydrogen) atoms. The van der Waals surface area contributed by atoms with Gasteiger partial charge in [0.1, 0.15) is 18.0 Å². The molecule has 0 aliphatic heterocycles. The van der Waals surface area contributed by atoms with Crippen LogP contribution in [0.2, 0.25) is 0 Å². The zero-order valence-corrected chi connectivity index (χ0v) is 14.1. The zero-order chi connectivity index (χ0) is 20.3. The van der Waals surface area contributed by atoms with Crippen LogP contribution in [0.3, 0.4) is 0 Å². The maximum atomic E-state index is 12.6. The number of ether oxygens (including phenoxy) is 1. The quantitative estimate of drug-likeness (QED) is 0.566. The molecule has 0 aliphatic carbocycles. The number of carbonyl (C=O) groups excluding carboxylic acids is 1. The van der Waals surface area contributed by atoms with Crippen LogP contribution in [0.15, 0.2) is 46.1 Å². The Bertz CT molecular complexity index is 1140. The van der Waals surface area contributed by atoms with E-state index in [1.165, 1.54) is 24.4 Å². The number of amides is 1. The number of fused-ring (bicyclic) bond motifs is 1. The van der Waals surface area contributed by atoms with Gasteiger partial charge < -0.3 is 10.1 Å². The van der Waals surface area contributed by atoms with E-state index in [-0.39, 0.29) is 35.5 Å². The van der Waals surface area contributed by atoms with E-state index in [2.05, 4.69) is 15.3 Å². The van der Waals surface area contributed by atoms with Gasteiger partial charge in [-0.1, -0.05) is 6.07 Å². The second-order valence-corrected chi connectivity index (χ2v) is 5.66. The molecule has 1 aromatic carbocycles. The fraction of sp³-hybridized carbons (Fsp3) is 0.176. The van der Waals surface area contributed by atoms with E-state index in [0.717, 1.165) is 12.1 Å². The van der Waals surface area contributed by atoms with Crippen molar-refractivity contribution < 1.29 is 22.7 Å². The fourth-order valence-electron chi connectivity index (χ4n) is 2.37. The first-order valence-electron chi connectivity index (χ1n) is 7.94. The highest BCUT2D eigenvalue weighted by Gasteiger charge is 2.30. The molecule has 8 nitrogen and oxygen atoms in total. The molecule has 0 bridgehead atoms. The maximum Gasteiger partial charge on any atom is 0.416 e. The van der Waals surface area contributed by atoms with E-state index in [1.54, 1.807) is 0 Å². The maximum absolute atomic E-state index is 12.6. The fourth-order valence-corrected chi connectivity index (χ4v) is 2.37. The summed E-state index contributed by atoms with van der Waals surface area (Å²) < 4.78 is 43.2. The first-order chi connectivity index (χ1) is 13.2. The summed E-state index contributed by atoms with van der Waals surface area (Å²) in [6.07, 6.45) is -3.29. The highest BCUT2D eigenvalue weighted by atomic mass is 19.4. The molecule has 0 aliphatic rings. The molecule has 146 valence electrons. The summed E-state index contributed by atoms with van der Waals surface area (Å²) >= 11 is 0. The Kier molecular flexibility index (Phi) is 5.16. The third kappa shape index (κ3) is 4.37. The third-order valence-electron chi connectivity index (χ3n) is 3.67.